The Kier molecular flexibility index (Phi) is 7.85. The zero-order valence-corrected chi connectivity index (χ0v) is 22.6. The fourth-order valence-corrected chi connectivity index (χ4v) is 5.89. The lowest BCUT2D eigenvalue weighted by molar-refractivity contribution is 0.102. The van der Waals surface area contributed by atoms with Crippen LogP contribution < -0.4 is 10.1 Å². The number of fused-ring (bicyclic) bond motifs is 1. The summed E-state index contributed by atoms with van der Waals surface area (Å²) in [6.45, 7) is 0.424. The molecule has 1 aliphatic rings. The molecule has 1 heterocycles. The van der Waals surface area contributed by atoms with Gasteiger partial charge in [-0.3, -0.25) is 4.79 Å². The Bertz CT molecular complexity index is 1400. The standard InChI is InChI=1S/C29H24BrClN2O2S/c30-21-12-10-19(11-13-21)18-35-25-15-14-22(31)16-20(25)17-32-29-27(24-8-4-5-9-26(24)36-29)28(34)33-23-6-2-1-3-7-23/h1-3,6-7,10-17H,4-5,8-9,18H2,(H,33,34). The number of ether oxygens (including phenoxy) is 1. The molecule has 3 aromatic carbocycles. The third kappa shape index (κ3) is 5.89. The zero-order valence-electron chi connectivity index (χ0n) is 19.5. The van der Waals surface area contributed by atoms with Gasteiger partial charge < -0.3 is 10.1 Å². The van der Waals surface area contributed by atoms with Gasteiger partial charge in [-0.1, -0.05) is 57.9 Å². The normalized spacial score (nSPS) is 12.9. The first-order chi connectivity index (χ1) is 17.6. The molecule has 1 amide bonds. The minimum Gasteiger partial charge on any atom is -0.488 e. The molecular formula is C29H24BrClN2O2S. The van der Waals surface area contributed by atoms with Gasteiger partial charge in [0.25, 0.3) is 5.91 Å². The topological polar surface area (TPSA) is 50.7 Å². The van der Waals surface area contributed by atoms with Crippen molar-refractivity contribution in [3.05, 3.63) is 109 Å². The fourth-order valence-electron chi connectivity index (χ4n) is 4.21. The van der Waals surface area contributed by atoms with E-state index in [0.717, 1.165) is 52.5 Å². The average Bonchev–Trinajstić information content (AvgIpc) is 3.27. The number of aliphatic imine (C=N–C) groups is 1. The van der Waals surface area contributed by atoms with E-state index in [4.69, 9.17) is 21.3 Å². The van der Waals surface area contributed by atoms with E-state index < -0.39 is 0 Å². The number of para-hydroxylation sites is 1. The Labute approximate surface area is 228 Å². The summed E-state index contributed by atoms with van der Waals surface area (Å²) in [6, 6.07) is 23.0. The summed E-state index contributed by atoms with van der Waals surface area (Å²) < 4.78 is 7.13. The van der Waals surface area contributed by atoms with Crippen LogP contribution in [0.5, 0.6) is 5.75 Å². The van der Waals surface area contributed by atoms with Crippen LogP contribution in [0, 0.1) is 0 Å². The molecule has 4 aromatic rings. The zero-order chi connectivity index (χ0) is 24.9. The summed E-state index contributed by atoms with van der Waals surface area (Å²) in [6.07, 6.45) is 5.86. The van der Waals surface area contributed by atoms with Gasteiger partial charge in [-0.05, 0) is 79.3 Å². The van der Waals surface area contributed by atoms with Crippen LogP contribution in [0.2, 0.25) is 5.02 Å². The number of amides is 1. The van der Waals surface area contributed by atoms with Crippen molar-refractivity contribution in [3.63, 3.8) is 0 Å². The van der Waals surface area contributed by atoms with Crippen molar-refractivity contribution in [2.45, 2.75) is 32.3 Å². The molecule has 36 heavy (non-hydrogen) atoms. The van der Waals surface area contributed by atoms with Crippen molar-refractivity contribution in [2.24, 2.45) is 4.99 Å². The number of nitrogens with zero attached hydrogens (tertiary/aromatic N) is 1. The van der Waals surface area contributed by atoms with E-state index in [1.54, 1.807) is 23.6 Å². The van der Waals surface area contributed by atoms with Crippen LogP contribution in [0.15, 0.2) is 82.3 Å². The summed E-state index contributed by atoms with van der Waals surface area (Å²) in [5.41, 5.74) is 4.40. The highest BCUT2D eigenvalue weighted by Crippen LogP contribution is 2.40. The SMILES string of the molecule is O=C(Nc1ccccc1)c1c(N=Cc2cc(Cl)ccc2OCc2ccc(Br)cc2)sc2c1CCCC2. The molecule has 0 saturated carbocycles. The van der Waals surface area contributed by atoms with Crippen molar-refractivity contribution in [2.75, 3.05) is 5.32 Å². The maximum Gasteiger partial charge on any atom is 0.259 e. The smallest absolute Gasteiger partial charge is 0.259 e. The molecule has 5 rings (SSSR count). The molecule has 0 radical (unpaired) electrons. The monoisotopic (exact) mass is 578 g/mol. The van der Waals surface area contributed by atoms with E-state index >= 15 is 0 Å². The molecule has 0 bridgehead atoms. The van der Waals surface area contributed by atoms with Gasteiger partial charge in [0.1, 0.15) is 17.4 Å². The Balaban J connectivity index is 1.43. The molecule has 1 aliphatic carbocycles. The first kappa shape index (κ1) is 24.8. The second-order valence-electron chi connectivity index (χ2n) is 8.57. The number of hydrogen-bond acceptors (Lipinski definition) is 4. The van der Waals surface area contributed by atoms with Crippen LogP contribution in [0.4, 0.5) is 10.7 Å². The second-order valence-corrected chi connectivity index (χ2v) is 11.0. The highest BCUT2D eigenvalue weighted by molar-refractivity contribution is 9.10. The Morgan fingerprint density at radius 2 is 1.83 bits per heavy atom. The summed E-state index contributed by atoms with van der Waals surface area (Å²) >= 11 is 11.4. The summed E-state index contributed by atoms with van der Waals surface area (Å²) in [4.78, 5) is 19.4. The number of carbonyl (C=O) groups excluding carboxylic acids is 1. The van der Waals surface area contributed by atoms with E-state index in [0.29, 0.717) is 27.9 Å². The fraction of sp³-hybridized carbons (Fsp3) is 0.172. The molecule has 0 fully saturated rings. The van der Waals surface area contributed by atoms with E-state index in [1.165, 1.54) is 4.88 Å². The van der Waals surface area contributed by atoms with Gasteiger partial charge in [0.15, 0.2) is 0 Å². The number of aryl methyl sites for hydroxylation is 1. The van der Waals surface area contributed by atoms with Gasteiger partial charge in [0.05, 0.1) is 5.56 Å². The van der Waals surface area contributed by atoms with Crippen LogP contribution >= 0.6 is 38.9 Å². The maximum atomic E-state index is 13.4. The van der Waals surface area contributed by atoms with Crippen LogP contribution in [0.3, 0.4) is 0 Å². The lowest BCUT2D eigenvalue weighted by Crippen LogP contribution is -2.14. The first-order valence-corrected chi connectivity index (χ1v) is 13.8. The Morgan fingerprint density at radius 3 is 2.64 bits per heavy atom. The largest absolute Gasteiger partial charge is 0.488 e. The van der Waals surface area contributed by atoms with Crippen LogP contribution in [0.1, 0.15) is 44.8 Å². The van der Waals surface area contributed by atoms with Crippen LogP contribution in [0.25, 0.3) is 0 Å². The van der Waals surface area contributed by atoms with E-state index in [9.17, 15) is 4.79 Å². The quantitative estimate of drug-likeness (QED) is 0.223. The highest BCUT2D eigenvalue weighted by atomic mass is 79.9. The number of carbonyl (C=O) groups is 1. The van der Waals surface area contributed by atoms with Crippen LogP contribution in [-0.2, 0) is 19.4 Å². The lowest BCUT2D eigenvalue weighted by Gasteiger charge is -2.13. The van der Waals surface area contributed by atoms with Gasteiger partial charge in [-0.25, -0.2) is 4.99 Å². The Morgan fingerprint density at radius 1 is 1.06 bits per heavy atom. The molecule has 182 valence electrons. The third-order valence-electron chi connectivity index (χ3n) is 6.01. The molecule has 0 spiro atoms. The minimum atomic E-state index is -0.120. The van der Waals surface area contributed by atoms with Crippen molar-refractivity contribution < 1.29 is 9.53 Å². The summed E-state index contributed by atoms with van der Waals surface area (Å²) in [5.74, 6) is 0.563. The van der Waals surface area contributed by atoms with Gasteiger partial charge in [0.2, 0.25) is 0 Å². The van der Waals surface area contributed by atoms with E-state index in [2.05, 4.69) is 21.2 Å². The molecule has 4 nitrogen and oxygen atoms in total. The summed E-state index contributed by atoms with van der Waals surface area (Å²) in [5, 5.41) is 4.35. The molecule has 0 aliphatic heterocycles. The number of rotatable bonds is 7. The number of benzene rings is 3. The molecule has 0 saturated heterocycles. The molecule has 1 N–H and O–H groups in total. The van der Waals surface area contributed by atoms with Gasteiger partial charge >= 0.3 is 0 Å². The van der Waals surface area contributed by atoms with Crippen molar-refractivity contribution >= 4 is 61.7 Å². The first-order valence-electron chi connectivity index (χ1n) is 11.8. The Hall–Kier alpha value is -2.93. The number of halogens is 2. The second kappa shape index (κ2) is 11.4. The number of hydrogen-bond donors (Lipinski definition) is 1. The maximum absolute atomic E-state index is 13.4. The number of thiophene rings is 1. The number of nitrogens with one attached hydrogen (secondary N) is 1. The molecule has 0 unspecified atom stereocenters. The van der Waals surface area contributed by atoms with Gasteiger partial charge in [0, 0.05) is 31.8 Å². The minimum absolute atomic E-state index is 0.120. The van der Waals surface area contributed by atoms with E-state index in [1.807, 2.05) is 66.7 Å². The van der Waals surface area contributed by atoms with Gasteiger partial charge in [-0.15, -0.1) is 11.3 Å². The van der Waals surface area contributed by atoms with Crippen LogP contribution in [-0.4, -0.2) is 12.1 Å². The molecule has 7 heteroatoms. The van der Waals surface area contributed by atoms with Crippen molar-refractivity contribution in [3.8, 4) is 5.75 Å². The highest BCUT2D eigenvalue weighted by Gasteiger charge is 2.25. The van der Waals surface area contributed by atoms with Gasteiger partial charge in [-0.2, -0.15) is 0 Å². The third-order valence-corrected chi connectivity index (χ3v) is 7.98. The number of anilines is 1. The lowest BCUT2D eigenvalue weighted by atomic mass is 9.95. The van der Waals surface area contributed by atoms with E-state index in [-0.39, 0.29) is 5.91 Å². The van der Waals surface area contributed by atoms with Crippen molar-refractivity contribution in [1.29, 1.82) is 0 Å². The molecule has 0 atom stereocenters. The average molecular weight is 580 g/mol. The van der Waals surface area contributed by atoms with Crippen molar-refractivity contribution in [1.82, 2.24) is 0 Å². The molecular weight excluding hydrogens is 556 g/mol. The predicted octanol–water partition coefficient (Wildman–Crippen LogP) is 8.62. The molecule has 1 aromatic heterocycles. The predicted molar refractivity (Wildman–Crippen MR) is 153 cm³/mol. The summed E-state index contributed by atoms with van der Waals surface area (Å²) in [7, 11) is 0.